The van der Waals surface area contributed by atoms with Crippen molar-refractivity contribution in [2.45, 2.75) is 77.4 Å². The molecule has 110 valence electrons. The summed E-state index contributed by atoms with van der Waals surface area (Å²) in [6.45, 7) is 9.71. The van der Waals surface area contributed by atoms with Crippen molar-refractivity contribution in [1.29, 1.82) is 5.26 Å². The van der Waals surface area contributed by atoms with Gasteiger partial charge in [0.25, 0.3) is 0 Å². The van der Waals surface area contributed by atoms with Crippen molar-refractivity contribution in [1.82, 2.24) is 10.2 Å². The molecule has 3 heteroatoms. The Hall–Kier alpha value is -0.590. The minimum absolute atomic E-state index is 0.363. The molecule has 1 aliphatic carbocycles. The number of nitrogens with zero attached hydrogens (tertiary/aromatic N) is 2. The van der Waals surface area contributed by atoms with Crippen molar-refractivity contribution in [2.75, 3.05) is 13.6 Å². The Morgan fingerprint density at radius 1 is 1.32 bits per heavy atom. The van der Waals surface area contributed by atoms with Gasteiger partial charge in [0, 0.05) is 12.1 Å². The molecule has 1 aliphatic rings. The van der Waals surface area contributed by atoms with Crippen molar-refractivity contribution in [3.8, 4) is 6.07 Å². The van der Waals surface area contributed by atoms with Crippen LogP contribution in [0.3, 0.4) is 0 Å². The van der Waals surface area contributed by atoms with Crippen LogP contribution in [0, 0.1) is 17.2 Å². The Labute approximate surface area is 119 Å². The Morgan fingerprint density at radius 3 is 2.42 bits per heavy atom. The molecular formula is C16H31N3. The number of unbranched alkanes of at least 4 members (excludes halogenated alkanes) is 1. The largest absolute Gasteiger partial charge is 0.303 e. The normalized spacial score (nSPS) is 20.3. The maximum atomic E-state index is 9.29. The smallest absolute Gasteiger partial charge is 0.104 e. The highest BCUT2D eigenvalue weighted by Gasteiger charge is 2.30. The lowest BCUT2D eigenvalue weighted by atomic mass is 9.95. The fraction of sp³-hybridized carbons (Fsp3) is 0.938. The van der Waals surface area contributed by atoms with Crippen molar-refractivity contribution < 1.29 is 0 Å². The summed E-state index contributed by atoms with van der Waals surface area (Å²) in [7, 11) is 2.23. The molecule has 2 atom stereocenters. The van der Waals surface area contributed by atoms with Gasteiger partial charge in [-0.15, -0.1) is 0 Å². The van der Waals surface area contributed by atoms with E-state index in [2.05, 4.69) is 44.1 Å². The van der Waals surface area contributed by atoms with Gasteiger partial charge in [0.15, 0.2) is 0 Å². The van der Waals surface area contributed by atoms with Crippen LogP contribution in [0.2, 0.25) is 0 Å². The van der Waals surface area contributed by atoms with Gasteiger partial charge in [-0.25, -0.2) is 0 Å². The zero-order valence-corrected chi connectivity index (χ0v) is 13.4. The SMILES string of the molecule is CC(C)NC(C)(C#N)CCCCN(C)C(C)C1CC1. The molecule has 1 saturated carbocycles. The number of nitrogens with one attached hydrogen (secondary N) is 1. The van der Waals surface area contributed by atoms with E-state index < -0.39 is 0 Å². The highest BCUT2D eigenvalue weighted by molar-refractivity contribution is 5.04. The highest BCUT2D eigenvalue weighted by Crippen LogP contribution is 2.34. The second-order valence-corrected chi connectivity index (χ2v) is 6.76. The van der Waals surface area contributed by atoms with Crippen LogP contribution in [-0.2, 0) is 0 Å². The maximum absolute atomic E-state index is 9.29. The minimum atomic E-state index is -0.366. The molecule has 1 rings (SSSR count). The van der Waals surface area contributed by atoms with Crippen LogP contribution < -0.4 is 5.32 Å². The molecule has 1 fully saturated rings. The van der Waals surface area contributed by atoms with Gasteiger partial charge in [-0.3, -0.25) is 5.32 Å². The lowest BCUT2D eigenvalue weighted by Crippen LogP contribution is -2.45. The first-order chi connectivity index (χ1) is 8.88. The Bertz CT molecular complexity index is 304. The summed E-state index contributed by atoms with van der Waals surface area (Å²) < 4.78 is 0. The van der Waals surface area contributed by atoms with Gasteiger partial charge in [0.2, 0.25) is 0 Å². The second-order valence-electron chi connectivity index (χ2n) is 6.76. The number of hydrogen-bond donors (Lipinski definition) is 1. The Kier molecular flexibility index (Phi) is 6.29. The van der Waals surface area contributed by atoms with Gasteiger partial charge in [-0.05, 0) is 79.3 Å². The molecule has 0 saturated heterocycles. The molecule has 3 nitrogen and oxygen atoms in total. The van der Waals surface area contributed by atoms with Crippen molar-refractivity contribution in [3.05, 3.63) is 0 Å². The summed E-state index contributed by atoms with van der Waals surface area (Å²) in [5.74, 6) is 0.942. The molecule has 0 bridgehead atoms. The van der Waals surface area contributed by atoms with E-state index in [-0.39, 0.29) is 5.54 Å². The van der Waals surface area contributed by atoms with E-state index in [9.17, 15) is 5.26 Å². The lowest BCUT2D eigenvalue weighted by Gasteiger charge is -2.27. The summed E-state index contributed by atoms with van der Waals surface area (Å²) in [5.41, 5.74) is -0.366. The highest BCUT2D eigenvalue weighted by atomic mass is 15.1. The molecule has 0 aliphatic heterocycles. The summed E-state index contributed by atoms with van der Waals surface area (Å²) in [6, 6.07) is 3.52. The van der Waals surface area contributed by atoms with E-state index in [1.807, 2.05) is 6.92 Å². The van der Waals surface area contributed by atoms with Crippen LogP contribution in [0.1, 0.15) is 59.8 Å². The summed E-state index contributed by atoms with van der Waals surface area (Å²) in [4.78, 5) is 2.48. The molecule has 0 spiro atoms. The van der Waals surface area contributed by atoms with Crippen LogP contribution >= 0.6 is 0 Å². The standard InChI is InChI=1S/C16H31N3/c1-13(2)18-16(4,12-17)10-6-7-11-19(5)14(3)15-8-9-15/h13-15,18H,6-11H2,1-5H3. The average molecular weight is 265 g/mol. The van der Waals surface area contributed by atoms with Crippen LogP contribution in [0.4, 0.5) is 0 Å². The van der Waals surface area contributed by atoms with Gasteiger partial charge in [0.1, 0.15) is 5.54 Å². The van der Waals surface area contributed by atoms with E-state index in [1.54, 1.807) is 0 Å². The van der Waals surface area contributed by atoms with E-state index in [1.165, 1.54) is 19.3 Å². The number of hydrogen-bond acceptors (Lipinski definition) is 3. The predicted octanol–water partition coefficient (Wildman–Crippen LogP) is 3.17. The summed E-state index contributed by atoms with van der Waals surface area (Å²) in [6.07, 6.45) is 6.07. The van der Waals surface area contributed by atoms with E-state index >= 15 is 0 Å². The fourth-order valence-corrected chi connectivity index (χ4v) is 2.78. The van der Waals surface area contributed by atoms with Crippen LogP contribution in [0.25, 0.3) is 0 Å². The monoisotopic (exact) mass is 265 g/mol. The topological polar surface area (TPSA) is 39.1 Å². The molecule has 1 N–H and O–H groups in total. The predicted molar refractivity (Wildman–Crippen MR) is 81.0 cm³/mol. The molecule has 0 amide bonds. The van der Waals surface area contributed by atoms with Gasteiger partial charge in [0.05, 0.1) is 6.07 Å². The quantitative estimate of drug-likeness (QED) is 0.651. The van der Waals surface area contributed by atoms with Crippen LogP contribution in [-0.4, -0.2) is 36.1 Å². The Morgan fingerprint density at radius 2 is 1.95 bits per heavy atom. The van der Waals surface area contributed by atoms with E-state index in [0.29, 0.717) is 6.04 Å². The number of rotatable bonds is 9. The molecule has 19 heavy (non-hydrogen) atoms. The number of nitriles is 1. The van der Waals surface area contributed by atoms with Crippen molar-refractivity contribution in [2.24, 2.45) is 5.92 Å². The molecule has 2 unspecified atom stereocenters. The first-order valence-electron chi connectivity index (χ1n) is 7.77. The summed E-state index contributed by atoms with van der Waals surface area (Å²) >= 11 is 0. The molecule has 0 aromatic rings. The van der Waals surface area contributed by atoms with Crippen molar-refractivity contribution in [3.63, 3.8) is 0 Å². The molecule has 0 heterocycles. The van der Waals surface area contributed by atoms with Gasteiger partial charge in [-0.1, -0.05) is 0 Å². The van der Waals surface area contributed by atoms with Crippen molar-refractivity contribution >= 4 is 0 Å². The third-order valence-electron chi connectivity index (χ3n) is 4.29. The van der Waals surface area contributed by atoms with Gasteiger partial charge < -0.3 is 4.90 Å². The molecular weight excluding hydrogens is 234 g/mol. The second kappa shape index (κ2) is 7.26. The zero-order valence-electron chi connectivity index (χ0n) is 13.4. The average Bonchev–Trinajstić information content (AvgIpc) is 3.16. The fourth-order valence-electron chi connectivity index (χ4n) is 2.78. The van der Waals surface area contributed by atoms with Gasteiger partial charge >= 0.3 is 0 Å². The molecule has 0 aromatic heterocycles. The maximum Gasteiger partial charge on any atom is 0.104 e. The third kappa shape index (κ3) is 5.93. The first-order valence-corrected chi connectivity index (χ1v) is 7.77. The lowest BCUT2D eigenvalue weighted by molar-refractivity contribution is 0.226. The van der Waals surface area contributed by atoms with Gasteiger partial charge in [-0.2, -0.15) is 5.26 Å². The van der Waals surface area contributed by atoms with Crippen LogP contribution in [0.5, 0.6) is 0 Å². The van der Waals surface area contributed by atoms with Crippen LogP contribution in [0.15, 0.2) is 0 Å². The minimum Gasteiger partial charge on any atom is -0.303 e. The third-order valence-corrected chi connectivity index (χ3v) is 4.29. The molecule has 0 aromatic carbocycles. The van der Waals surface area contributed by atoms with E-state index in [0.717, 1.165) is 31.3 Å². The Balaban J connectivity index is 2.19. The first kappa shape index (κ1) is 16.5. The van der Waals surface area contributed by atoms with E-state index in [4.69, 9.17) is 0 Å². The summed E-state index contributed by atoms with van der Waals surface area (Å²) in [5, 5.41) is 12.7. The molecule has 0 radical (unpaired) electrons. The zero-order chi connectivity index (χ0) is 14.5.